The lowest BCUT2D eigenvalue weighted by Gasteiger charge is -2.09. The second-order valence-electron chi connectivity index (χ2n) is 4.80. The highest BCUT2D eigenvalue weighted by Gasteiger charge is 2.16. The molecule has 20 heavy (non-hydrogen) atoms. The van der Waals surface area contributed by atoms with Crippen LogP contribution >= 0.6 is 11.6 Å². The standard InChI is InChI=1S/C14H16ClN3O2/c1-8(2)18-9(3)11(7-16-18)14(20)17-10-4-5-13(19)12(15)6-10/h4-8,19H,1-3H3,(H,17,20). The molecule has 0 bridgehead atoms. The molecule has 0 saturated heterocycles. The van der Waals surface area contributed by atoms with Crippen LogP contribution in [0.4, 0.5) is 5.69 Å². The van der Waals surface area contributed by atoms with Crippen molar-refractivity contribution >= 4 is 23.2 Å². The molecule has 0 aliphatic carbocycles. The predicted molar refractivity (Wildman–Crippen MR) is 78.4 cm³/mol. The maximum absolute atomic E-state index is 12.2. The molecule has 0 aliphatic heterocycles. The number of hydrogen-bond acceptors (Lipinski definition) is 3. The van der Waals surface area contributed by atoms with Gasteiger partial charge in [0.05, 0.1) is 16.8 Å². The van der Waals surface area contributed by atoms with Gasteiger partial charge < -0.3 is 10.4 Å². The Labute approximate surface area is 122 Å². The summed E-state index contributed by atoms with van der Waals surface area (Å²) >= 11 is 5.80. The van der Waals surface area contributed by atoms with Crippen LogP contribution in [-0.4, -0.2) is 20.8 Å². The molecule has 2 rings (SSSR count). The van der Waals surface area contributed by atoms with Gasteiger partial charge in [0.15, 0.2) is 0 Å². The van der Waals surface area contributed by atoms with E-state index >= 15 is 0 Å². The third-order valence-corrected chi connectivity index (χ3v) is 3.29. The summed E-state index contributed by atoms with van der Waals surface area (Å²) in [5, 5.41) is 16.5. The molecule has 1 heterocycles. The molecule has 0 saturated carbocycles. The SMILES string of the molecule is Cc1c(C(=O)Nc2ccc(O)c(Cl)c2)cnn1C(C)C. The Bertz CT molecular complexity index is 650. The fraction of sp³-hybridized carbons (Fsp3) is 0.286. The van der Waals surface area contributed by atoms with E-state index in [4.69, 9.17) is 11.6 Å². The Morgan fingerprint density at radius 1 is 1.45 bits per heavy atom. The monoisotopic (exact) mass is 293 g/mol. The summed E-state index contributed by atoms with van der Waals surface area (Å²) in [6.07, 6.45) is 1.55. The molecule has 2 aromatic rings. The highest BCUT2D eigenvalue weighted by Crippen LogP contribution is 2.26. The van der Waals surface area contributed by atoms with E-state index in [0.29, 0.717) is 11.3 Å². The van der Waals surface area contributed by atoms with Gasteiger partial charge in [0.25, 0.3) is 5.91 Å². The van der Waals surface area contributed by atoms with E-state index in [1.807, 2.05) is 20.8 Å². The molecule has 1 aromatic carbocycles. The fourth-order valence-corrected chi connectivity index (χ4v) is 2.13. The van der Waals surface area contributed by atoms with Crippen molar-refractivity contribution in [1.82, 2.24) is 9.78 Å². The number of halogens is 1. The third kappa shape index (κ3) is 2.77. The summed E-state index contributed by atoms with van der Waals surface area (Å²) in [6, 6.07) is 4.71. The van der Waals surface area contributed by atoms with Crippen molar-refractivity contribution in [2.24, 2.45) is 0 Å². The molecule has 2 N–H and O–H groups in total. The van der Waals surface area contributed by atoms with E-state index < -0.39 is 0 Å². The first-order valence-corrected chi connectivity index (χ1v) is 6.62. The molecule has 1 amide bonds. The van der Waals surface area contributed by atoms with Crippen LogP contribution in [0.3, 0.4) is 0 Å². The van der Waals surface area contributed by atoms with Crippen molar-refractivity contribution in [2.45, 2.75) is 26.8 Å². The van der Waals surface area contributed by atoms with Crippen LogP contribution in [0, 0.1) is 6.92 Å². The zero-order chi connectivity index (χ0) is 14.9. The van der Waals surface area contributed by atoms with Crippen LogP contribution < -0.4 is 5.32 Å². The van der Waals surface area contributed by atoms with Crippen molar-refractivity contribution in [2.75, 3.05) is 5.32 Å². The average Bonchev–Trinajstić information content (AvgIpc) is 2.76. The summed E-state index contributed by atoms with van der Waals surface area (Å²) in [4.78, 5) is 12.2. The van der Waals surface area contributed by atoms with E-state index in [-0.39, 0.29) is 22.7 Å². The van der Waals surface area contributed by atoms with Crippen LogP contribution in [0.1, 0.15) is 35.9 Å². The van der Waals surface area contributed by atoms with Gasteiger partial charge in [-0.05, 0) is 39.0 Å². The lowest BCUT2D eigenvalue weighted by Crippen LogP contribution is -2.13. The maximum atomic E-state index is 12.2. The molecular formula is C14H16ClN3O2. The minimum absolute atomic E-state index is 0.0199. The van der Waals surface area contributed by atoms with E-state index in [2.05, 4.69) is 10.4 Å². The number of phenols is 1. The van der Waals surface area contributed by atoms with Crippen molar-refractivity contribution in [3.05, 3.63) is 40.7 Å². The minimum Gasteiger partial charge on any atom is -0.506 e. The number of nitrogens with zero attached hydrogens (tertiary/aromatic N) is 2. The smallest absolute Gasteiger partial charge is 0.259 e. The number of carbonyl (C=O) groups is 1. The van der Waals surface area contributed by atoms with Gasteiger partial charge in [0.1, 0.15) is 5.75 Å². The van der Waals surface area contributed by atoms with Gasteiger partial charge in [-0.3, -0.25) is 9.48 Å². The Morgan fingerprint density at radius 2 is 2.15 bits per heavy atom. The van der Waals surface area contributed by atoms with Crippen LogP contribution in [0.2, 0.25) is 5.02 Å². The van der Waals surface area contributed by atoms with Crippen LogP contribution in [0.15, 0.2) is 24.4 Å². The van der Waals surface area contributed by atoms with Gasteiger partial charge in [-0.15, -0.1) is 0 Å². The highest BCUT2D eigenvalue weighted by atomic mass is 35.5. The molecule has 0 radical (unpaired) electrons. The number of aromatic hydroxyl groups is 1. The van der Waals surface area contributed by atoms with Crippen molar-refractivity contribution < 1.29 is 9.90 Å². The molecule has 106 valence electrons. The van der Waals surface area contributed by atoms with Gasteiger partial charge in [0.2, 0.25) is 0 Å². The Kier molecular flexibility index (Phi) is 3.99. The Hall–Kier alpha value is -2.01. The summed E-state index contributed by atoms with van der Waals surface area (Å²) in [5.74, 6) is -0.273. The first-order chi connectivity index (χ1) is 9.40. The Balaban J connectivity index is 2.22. The average molecular weight is 294 g/mol. The zero-order valence-corrected chi connectivity index (χ0v) is 12.3. The number of nitrogens with one attached hydrogen (secondary N) is 1. The predicted octanol–water partition coefficient (Wildman–Crippen LogP) is 3.38. The van der Waals surface area contributed by atoms with Crippen LogP contribution in [0.25, 0.3) is 0 Å². The molecular weight excluding hydrogens is 278 g/mol. The highest BCUT2D eigenvalue weighted by molar-refractivity contribution is 6.32. The van der Waals surface area contributed by atoms with Gasteiger partial charge in [0, 0.05) is 17.4 Å². The van der Waals surface area contributed by atoms with Gasteiger partial charge in [-0.2, -0.15) is 5.10 Å². The third-order valence-electron chi connectivity index (χ3n) is 2.98. The largest absolute Gasteiger partial charge is 0.506 e. The second-order valence-corrected chi connectivity index (χ2v) is 5.21. The molecule has 0 spiro atoms. The summed E-state index contributed by atoms with van der Waals surface area (Å²) in [6.45, 7) is 5.86. The van der Waals surface area contributed by atoms with E-state index in [0.717, 1.165) is 5.69 Å². The second kappa shape index (κ2) is 5.54. The Morgan fingerprint density at radius 3 is 2.70 bits per heavy atom. The van der Waals surface area contributed by atoms with Crippen LogP contribution in [0.5, 0.6) is 5.75 Å². The molecule has 0 fully saturated rings. The number of hydrogen-bond donors (Lipinski definition) is 2. The van der Waals surface area contributed by atoms with E-state index in [9.17, 15) is 9.90 Å². The van der Waals surface area contributed by atoms with E-state index in [1.54, 1.807) is 16.9 Å². The van der Waals surface area contributed by atoms with Crippen molar-refractivity contribution in [3.8, 4) is 5.75 Å². The summed E-state index contributed by atoms with van der Waals surface area (Å²) < 4.78 is 1.79. The normalized spacial score (nSPS) is 10.8. The van der Waals surface area contributed by atoms with Gasteiger partial charge in [-0.25, -0.2) is 0 Å². The summed E-state index contributed by atoms with van der Waals surface area (Å²) in [7, 11) is 0. The first kappa shape index (κ1) is 14.4. The van der Waals surface area contributed by atoms with Crippen LogP contribution in [-0.2, 0) is 0 Å². The van der Waals surface area contributed by atoms with Crippen molar-refractivity contribution in [3.63, 3.8) is 0 Å². The first-order valence-electron chi connectivity index (χ1n) is 6.24. The summed E-state index contributed by atoms with van der Waals surface area (Å²) in [5.41, 5.74) is 1.85. The minimum atomic E-state index is -0.254. The number of phenolic OH excluding ortho intramolecular Hbond substituents is 1. The molecule has 0 aliphatic rings. The quantitative estimate of drug-likeness (QED) is 0.853. The van der Waals surface area contributed by atoms with Gasteiger partial charge in [-0.1, -0.05) is 11.6 Å². The topological polar surface area (TPSA) is 67.2 Å². The van der Waals surface area contributed by atoms with Crippen molar-refractivity contribution in [1.29, 1.82) is 0 Å². The van der Waals surface area contributed by atoms with E-state index in [1.165, 1.54) is 12.1 Å². The number of carbonyl (C=O) groups excluding carboxylic acids is 1. The molecule has 5 nitrogen and oxygen atoms in total. The number of benzene rings is 1. The maximum Gasteiger partial charge on any atom is 0.259 e. The number of rotatable bonds is 3. The zero-order valence-electron chi connectivity index (χ0n) is 11.5. The molecule has 0 unspecified atom stereocenters. The molecule has 6 heteroatoms. The number of amides is 1. The molecule has 1 aromatic heterocycles. The number of anilines is 1. The lowest BCUT2D eigenvalue weighted by molar-refractivity contribution is 0.102. The molecule has 0 atom stereocenters. The fourth-order valence-electron chi connectivity index (χ4n) is 1.95. The van der Waals surface area contributed by atoms with Gasteiger partial charge >= 0.3 is 0 Å². The number of aromatic nitrogens is 2. The lowest BCUT2D eigenvalue weighted by atomic mass is 10.2.